The Hall–Kier alpha value is -0.120. The summed E-state index contributed by atoms with van der Waals surface area (Å²) in [6.45, 7) is 13.9. The molecule has 122 valence electrons. The lowest BCUT2D eigenvalue weighted by molar-refractivity contribution is 0.0835. The summed E-state index contributed by atoms with van der Waals surface area (Å²) in [7, 11) is 0. The summed E-state index contributed by atoms with van der Waals surface area (Å²) in [6, 6.07) is 0.844. The summed E-state index contributed by atoms with van der Waals surface area (Å²) in [4.78, 5) is 5.43. The maximum atomic E-state index is 3.78. The SMILES string of the molecule is CCCC(C)(CNC1CC1)CN1CCN(CC2CC2)CC1. The summed E-state index contributed by atoms with van der Waals surface area (Å²) in [5.41, 5.74) is 0.468. The van der Waals surface area contributed by atoms with Gasteiger partial charge in [-0.2, -0.15) is 0 Å². The van der Waals surface area contributed by atoms with Gasteiger partial charge in [-0.15, -0.1) is 0 Å². The first-order valence-electron chi connectivity index (χ1n) is 9.35. The first-order valence-corrected chi connectivity index (χ1v) is 9.35. The molecule has 1 N–H and O–H groups in total. The Balaban J connectivity index is 1.41. The molecule has 0 spiro atoms. The lowest BCUT2D eigenvalue weighted by Gasteiger charge is -2.40. The van der Waals surface area contributed by atoms with Gasteiger partial charge in [-0.05, 0) is 43.4 Å². The van der Waals surface area contributed by atoms with Gasteiger partial charge >= 0.3 is 0 Å². The van der Waals surface area contributed by atoms with Crippen LogP contribution in [0.15, 0.2) is 0 Å². The Morgan fingerprint density at radius 3 is 2.24 bits per heavy atom. The van der Waals surface area contributed by atoms with E-state index in [1.165, 1.54) is 84.3 Å². The van der Waals surface area contributed by atoms with Crippen LogP contribution in [-0.4, -0.2) is 61.7 Å². The van der Waals surface area contributed by atoms with Crippen molar-refractivity contribution in [3.8, 4) is 0 Å². The number of rotatable bonds is 9. The van der Waals surface area contributed by atoms with Crippen molar-refractivity contribution in [3.05, 3.63) is 0 Å². The Bertz CT molecular complexity index is 316. The molecule has 0 aromatic heterocycles. The first-order chi connectivity index (χ1) is 10.2. The molecular weight excluding hydrogens is 258 g/mol. The van der Waals surface area contributed by atoms with E-state index >= 15 is 0 Å². The van der Waals surface area contributed by atoms with E-state index in [9.17, 15) is 0 Å². The normalized spacial score (nSPS) is 27.7. The Kier molecular flexibility index (Phi) is 5.23. The molecule has 1 unspecified atom stereocenters. The van der Waals surface area contributed by atoms with Crippen LogP contribution in [0.3, 0.4) is 0 Å². The standard InChI is InChI=1S/C18H35N3/c1-3-8-18(2,14-19-17-6-7-17)15-21-11-9-20(10-12-21)13-16-4-5-16/h16-17,19H,3-15H2,1-2H3. The molecule has 21 heavy (non-hydrogen) atoms. The zero-order valence-corrected chi connectivity index (χ0v) is 14.2. The molecule has 0 bridgehead atoms. The third-order valence-electron chi connectivity index (χ3n) is 5.53. The van der Waals surface area contributed by atoms with Crippen molar-refractivity contribution >= 4 is 0 Å². The monoisotopic (exact) mass is 293 g/mol. The second-order valence-electron chi connectivity index (χ2n) is 8.24. The Morgan fingerprint density at radius 2 is 1.67 bits per heavy atom. The zero-order chi connectivity index (χ0) is 14.7. The van der Waals surface area contributed by atoms with Gasteiger partial charge in [0.25, 0.3) is 0 Å². The third kappa shape index (κ3) is 5.22. The van der Waals surface area contributed by atoms with E-state index in [-0.39, 0.29) is 0 Å². The maximum Gasteiger partial charge on any atom is 0.0110 e. The van der Waals surface area contributed by atoms with Crippen LogP contribution in [0.1, 0.15) is 52.4 Å². The van der Waals surface area contributed by atoms with Crippen molar-refractivity contribution in [1.29, 1.82) is 0 Å². The number of piperazine rings is 1. The van der Waals surface area contributed by atoms with Gasteiger partial charge in [0.05, 0.1) is 0 Å². The van der Waals surface area contributed by atoms with Crippen LogP contribution in [0.5, 0.6) is 0 Å². The molecule has 1 atom stereocenters. The molecule has 3 heteroatoms. The fourth-order valence-electron chi connectivity index (χ4n) is 3.84. The van der Waals surface area contributed by atoms with Crippen molar-refractivity contribution in [2.24, 2.45) is 11.3 Å². The van der Waals surface area contributed by atoms with Gasteiger partial charge in [-0.3, -0.25) is 0 Å². The molecule has 0 radical (unpaired) electrons. The minimum atomic E-state index is 0.468. The quantitative estimate of drug-likeness (QED) is 0.705. The predicted octanol–water partition coefficient (Wildman–Crippen LogP) is 2.57. The molecule has 3 fully saturated rings. The molecular formula is C18H35N3. The van der Waals surface area contributed by atoms with Crippen molar-refractivity contribution < 1.29 is 0 Å². The van der Waals surface area contributed by atoms with Crippen LogP contribution in [0.4, 0.5) is 0 Å². The molecule has 1 saturated heterocycles. The summed E-state index contributed by atoms with van der Waals surface area (Å²) in [6.07, 6.45) is 8.45. The molecule has 2 saturated carbocycles. The third-order valence-corrected chi connectivity index (χ3v) is 5.53. The minimum Gasteiger partial charge on any atom is -0.313 e. The van der Waals surface area contributed by atoms with Crippen molar-refractivity contribution in [1.82, 2.24) is 15.1 Å². The van der Waals surface area contributed by atoms with Crippen LogP contribution in [0.25, 0.3) is 0 Å². The predicted molar refractivity (Wildman–Crippen MR) is 89.6 cm³/mol. The van der Waals surface area contributed by atoms with Crippen LogP contribution in [0.2, 0.25) is 0 Å². The molecule has 3 rings (SSSR count). The topological polar surface area (TPSA) is 18.5 Å². The van der Waals surface area contributed by atoms with E-state index in [2.05, 4.69) is 29.0 Å². The van der Waals surface area contributed by atoms with Crippen LogP contribution in [0, 0.1) is 11.3 Å². The van der Waals surface area contributed by atoms with Crippen molar-refractivity contribution in [3.63, 3.8) is 0 Å². The van der Waals surface area contributed by atoms with E-state index in [1.54, 1.807) is 0 Å². The molecule has 3 nitrogen and oxygen atoms in total. The van der Waals surface area contributed by atoms with Crippen LogP contribution >= 0.6 is 0 Å². The molecule has 3 aliphatic rings. The van der Waals surface area contributed by atoms with Gasteiger partial charge in [-0.25, -0.2) is 0 Å². The molecule has 2 aliphatic carbocycles. The first kappa shape index (κ1) is 15.8. The molecule has 0 aromatic carbocycles. The molecule has 1 heterocycles. The summed E-state index contributed by atoms with van der Waals surface area (Å²) in [5, 5.41) is 3.78. The highest BCUT2D eigenvalue weighted by Crippen LogP contribution is 2.30. The highest BCUT2D eigenvalue weighted by atomic mass is 15.3. The summed E-state index contributed by atoms with van der Waals surface area (Å²) < 4.78 is 0. The van der Waals surface area contributed by atoms with Gasteiger partial charge in [0.15, 0.2) is 0 Å². The summed E-state index contributed by atoms with van der Waals surface area (Å²) >= 11 is 0. The van der Waals surface area contributed by atoms with E-state index in [1.807, 2.05) is 0 Å². The van der Waals surface area contributed by atoms with Gasteiger partial charge in [0.2, 0.25) is 0 Å². The molecule has 1 aliphatic heterocycles. The Labute approximate surface area is 131 Å². The molecule has 0 aromatic rings. The maximum absolute atomic E-state index is 3.78. The van der Waals surface area contributed by atoms with Gasteiger partial charge in [-0.1, -0.05) is 20.3 Å². The largest absolute Gasteiger partial charge is 0.313 e. The smallest absolute Gasteiger partial charge is 0.0110 e. The fourth-order valence-corrected chi connectivity index (χ4v) is 3.84. The lowest BCUT2D eigenvalue weighted by atomic mass is 9.84. The van der Waals surface area contributed by atoms with Crippen molar-refractivity contribution in [2.45, 2.75) is 58.4 Å². The second kappa shape index (κ2) is 6.97. The second-order valence-corrected chi connectivity index (χ2v) is 8.24. The minimum absolute atomic E-state index is 0.468. The molecule has 0 amide bonds. The summed E-state index contributed by atoms with van der Waals surface area (Å²) in [5.74, 6) is 1.05. The van der Waals surface area contributed by atoms with Crippen LogP contribution < -0.4 is 5.32 Å². The highest BCUT2D eigenvalue weighted by molar-refractivity contribution is 4.88. The van der Waals surface area contributed by atoms with E-state index in [0.717, 1.165) is 12.0 Å². The van der Waals surface area contributed by atoms with Gasteiger partial charge < -0.3 is 15.1 Å². The van der Waals surface area contributed by atoms with Crippen molar-refractivity contribution in [2.75, 3.05) is 45.8 Å². The van der Waals surface area contributed by atoms with E-state index in [4.69, 9.17) is 0 Å². The zero-order valence-electron chi connectivity index (χ0n) is 14.2. The lowest BCUT2D eigenvalue weighted by Crippen LogP contribution is -2.51. The average molecular weight is 293 g/mol. The highest BCUT2D eigenvalue weighted by Gasteiger charge is 2.32. The Morgan fingerprint density at radius 1 is 1.00 bits per heavy atom. The average Bonchev–Trinajstić information content (AvgIpc) is 3.35. The van der Waals surface area contributed by atoms with Gasteiger partial charge in [0.1, 0.15) is 0 Å². The number of nitrogens with one attached hydrogen (secondary N) is 1. The van der Waals surface area contributed by atoms with E-state index < -0.39 is 0 Å². The number of nitrogens with zero attached hydrogens (tertiary/aromatic N) is 2. The number of hydrogen-bond donors (Lipinski definition) is 1. The fraction of sp³-hybridized carbons (Fsp3) is 1.00. The van der Waals surface area contributed by atoms with Gasteiger partial charge in [0, 0.05) is 51.9 Å². The van der Waals surface area contributed by atoms with E-state index in [0.29, 0.717) is 5.41 Å². The van der Waals surface area contributed by atoms with Crippen LogP contribution in [-0.2, 0) is 0 Å². The number of hydrogen-bond acceptors (Lipinski definition) is 3.